The molecule has 0 heterocycles. The molecule has 1 saturated carbocycles. The zero-order valence-electron chi connectivity index (χ0n) is 11.5. The molecule has 0 radical (unpaired) electrons. The molecule has 1 fully saturated rings. The van der Waals surface area contributed by atoms with E-state index in [1.807, 2.05) is 6.92 Å². The van der Waals surface area contributed by atoms with E-state index in [9.17, 15) is 5.11 Å². The molecule has 100 valence electrons. The third kappa shape index (κ3) is 3.82. The molecule has 0 saturated heterocycles. The zero-order chi connectivity index (χ0) is 13.0. The lowest BCUT2D eigenvalue weighted by Gasteiger charge is -2.36. The summed E-state index contributed by atoms with van der Waals surface area (Å²) < 4.78 is 0. The second kappa shape index (κ2) is 6.35. The minimum atomic E-state index is -0.159. The maximum absolute atomic E-state index is 9.17. The van der Waals surface area contributed by atoms with Crippen molar-refractivity contribution in [1.82, 2.24) is 5.32 Å². The monoisotopic (exact) mass is 247 g/mol. The summed E-state index contributed by atoms with van der Waals surface area (Å²) in [6.07, 6.45) is 4.34. The van der Waals surface area contributed by atoms with E-state index in [1.165, 1.54) is 24.0 Å². The molecule has 1 aromatic rings. The summed E-state index contributed by atoms with van der Waals surface area (Å²) in [5.41, 5.74) is 2.83. The first-order valence-corrected chi connectivity index (χ1v) is 7.13. The molecule has 2 N–H and O–H groups in total. The molecule has 1 atom stereocenters. The van der Waals surface area contributed by atoms with Gasteiger partial charge in [-0.05, 0) is 57.6 Å². The van der Waals surface area contributed by atoms with Crippen LogP contribution >= 0.6 is 0 Å². The molecular formula is C16H25NO. The number of nitrogens with one attached hydrogen (secondary N) is 1. The van der Waals surface area contributed by atoms with Gasteiger partial charge in [0.15, 0.2) is 0 Å². The highest BCUT2D eigenvalue weighted by Gasteiger charge is 2.29. The summed E-state index contributed by atoms with van der Waals surface area (Å²) in [4.78, 5) is 0. The Morgan fingerprint density at radius 3 is 2.56 bits per heavy atom. The van der Waals surface area contributed by atoms with Crippen LogP contribution in [0.15, 0.2) is 24.3 Å². The van der Waals surface area contributed by atoms with Crippen LogP contribution in [0.1, 0.15) is 49.7 Å². The van der Waals surface area contributed by atoms with Gasteiger partial charge >= 0.3 is 0 Å². The molecule has 2 rings (SSSR count). The standard InChI is InChI=1S/C16H25NO/c1-12-5-7-14(8-6-12)15-10-16(11-15)17-9-3-4-13(2)18/h5-8,13,15-18H,3-4,9-11H2,1-2H3. The van der Waals surface area contributed by atoms with Gasteiger partial charge in [-0.1, -0.05) is 29.8 Å². The summed E-state index contributed by atoms with van der Waals surface area (Å²) in [6.45, 7) is 5.03. The molecule has 0 aromatic heterocycles. The Hall–Kier alpha value is -0.860. The number of hydrogen-bond acceptors (Lipinski definition) is 2. The van der Waals surface area contributed by atoms with Crippen LogP contribution in [-0.2, 0) is 0 Å². The van der Waals surface area contributed by atoms with Gasteiger partial charge in [-0.3, -0.25) is 0 Å². The van der Waals surface area contributed by atoms with Crippen LogP contribution in [-0.4, -0.2) is 23.8 Å². The number of rotatable bonds is 6. The van der Waals surface area contributed by atoms with Gasteiger partial charge in [0.25, 0.3) is 0 Å². The molecule has 0 aliphatic heterocycles. The third-order valence-electron chi connectivity index (χ3n) is 3.92. The lowest BCUT2D eigenvalue weighted by atomic mass is 9.75. The molecule has 1 aliphatic carbocycles. The second-order valence-corrected chi connectivity index (χ2v) is 5.72. The fraction of sp³-hybridized carbons (Fsp3) is 0.625. The SMILES string of the molecule is Cc1ccc(C2CC(NCCCC(C)O)C2)cc1. The van der Waals surface area contributed by atoms with E-state index >= 15 is 0 Å². The molecule has 1 aliphatic rings. The molecule has 0 bridgehead atoms. The van der Waals surface area contributed by atoms with Crippen molar-refractivity contribution in [2.24, 2.45) is 0 Å². The Labute approximate surface area is 110 Å². The van der Waals surface area contributed by atoms with E-state index in [0.717, 1.165) is 25.3 Å². The van der Waals surface area contributed by atoms with Gasteiger partial charge in [-0.15, -0.1) is 0 Å². The number of aliphatic hydroxyl groups excluding tert-OH is 1. The Kier molecular flexibility index (Phi) is 4.79. The van der Waals surface area contributed by atoms with Gasteiger partial charge in [0.05, 0.1) is 6.10 Å². The maximum atomic E-state index is 9.17. The Balaban J connectivity index is 1.63. The first-order valence-electron chi connectivity index (χ1n) is 7.13. The molecule has 2 nitrogen and oxygen atoms in total. The number of hydrogen-bond donors (Lipinski definition) is 2. The van der Waals surface area contributed by atoms with Crippen molar-refractivity contribution >= 4 is 0 Å². The first-order chi connectivity index (χ1) is 8.65. The van der Waals surface area contributed by atoms with Gasteiger partial charge in [-0.2, -0.15) is 0 Å². The number of aliphatic hydroxyl groups is 1. The van der Waals surface area contributed by atoms with Crippen LogP contribution in [0.25, 0.3) is 0 Å². The van der Waals surface area contributed by atoms with Crippen molar-refractivity contribution in [3.8, 4) is 0 Å². The summed E-state index contributed by atoms with van der Waals surface area (Å²) in [5.74, 6) is 0.750. The zero-order valence-corrected chi connectivity index (χ0v) is 11.5. The van der Waals surface area contributed by atoms with Crippen LogP contribution in [0.2, 0.25) is 0 Å². The van der Waals surface area contributed by atoms with Crippen molar-refractivity contribution in [2.75, 3.05) is 6.54 Å². The van der Waals surface area contributed by atoms with E-state index in [-0.39, 0.29) is 6.10 Å². The first kappa shape index (κ1) is 13.6. The predicted molar refractivity (Wildman–Crippen MR) is 75.9 cm³/mol. The van der Waals surface area contributed by atoms with Gasteiger partial charge in [0.2, 0.25) is 0 Å². The van der Waals surface area contributed by atoms with Gasteiger partial charge in [0.1, 0.15) is 0 Å². The Morgan fingerprint density at radius 2 is 1.94 bits per heavy atom. The largest absolute Gasteiger partial charge is 0.393 e. The fourth-order valence-electron chi connectivity index (χ4n) is 2.60. The molecule has 1 aromatic carbocycles. The quantitative estimate of drug-likeness (QED) is 0.757. The minimum absolute atomic E-state index is 0.159. The minimum Gasteiger partial charge on any atom is -0.393 e. The van der Waals surface area contributed by atoms with E-state index < -0.39 is 0 Å². The Morgan fingerprint density at radius 1 is 1.28 bits per heavy atom. The van der Waals surface area contributed by atoms with Crippen molar-refractivity contribution in [3.63, 3.8) is 0 Å². The second-order valence-electron chi connectivity index (χ2n) is 5.72. The summed E-state index contributed by atoms with van der Waals surface area (Å²) in [5, 5.41) is 12.7. The van der Waals surface area contributed by atoms with Crippen molar-refractivity contribution in [1.29, 1.82) is 0 Å². The van der Waals surface area contributed by atoms with Crippen LogP contribution in [0.4, 0.5) is 0 Å². The van der Waals surface area contributed by atoms with Gasteiger partial charge in [-0.25, -0.2) is 0 Å². The molecule has 1 unspecified atom stereocenters. The number of benzene rings is 1. The normalized spacial score (nSPS) is 24.6. The highest BCUT2D eigenvalue weighted by atomic mass is 16.3. The average Bonchev–Trinajstić information content (AvgIpc) is 2.28. The molecule has 18 heavy (non-hydrogen) atoms. The van der Waals surface area contributed by atoms with Crippen LogP contribution in [0.5, 0.6) is 0 Å². The summed E-state index contributed by atoms with van der Waals surface area (Å²) in [7, 11) is 0. The van der Waals surface area contributed by atoms with Crippen molar-refractivity contribution < 1.29 is 5.11 Å². The van der Waals surface area contributed by atoms with Crippen LogP contribution in [0.3, 0.4) is 0 Å². The summed E-state index contributed by atoms with van der Waals surface area (Å²) >= 11 is 0. The van der Waals surface area contributed by atoms with Crippen LogP contribution in [0, 0.1) is 6.92 Å². The lowest BCUT2D eigenvalue weighted by Crippen LogP contribution is -2.40. The van der Waals surface area contributed by atoms with E-state index in [4.69, 9.17) is 0 Å². The van der Waals surface area contributed by atoms with Gasteiger partial charge < -0.3 is 10.4 Å². The Bertz CT molecular complexity index is 352. The van der Waals surface area contributed by atoms with Crippen LogP contribution < -0.4 is 5.32 Å². The molecule has 0 spiro atoms. The molecular weight excluding hydrogens is 222 g/mol. The molecule has 0 amide bonds. The highest BCUT2D eigenvalue weighted by Crippen LogP contribution is 2.36. The van der Waals surface area contributed by atoms with E-state index in [2.05, 4.69) is 36.5 Å². The summed E-state index contributed by atoms with van der Waals surface area (Å²) in [6, 6.07) is 9.63. The maximum Gasteiger partial charge on any atom is 0.0512 e. The van der Waals surface area contributed by atoms with E-state index in [1.54, 1.807) is 0 Å². The third-order valence-corrected chi connectivity index (χ3v) is 3.92. The fourth-order valence-corrected chi connectivity index (χ4v) is 2.60. The predicted octanol–water partition coefficient (Wildman–Crippen LogP) is 2.99. The van der Waals surface area contributed by atoms with Crippen molar-refractivity contribution in [2.45, 2.75) is 57.6 Å². The average molecular weight is 247 g/mol. The topological polar surface area (TPSA) is 32.3 Å². The molecule has 2 heteroatoms. The van der Waals surface area contributed by atoms with Gasteiger partial charge in [0, 0.05) is 6.04 Å². The highest BCUT2D eigenvalue weighted by molar-refractivity contribution is 5.26. The van der Waals surface area contributed by atoms with Crippen molar-refractivity contribution in [3.05, 3.63) is 35.4 Å². The van der Waals surface area contributed by atoms with E-state index in [0.29, 0.717) is 6.04 Å². The smallest absolute Gasteiger partial charge is 0.0512 e. The number of aryl methyl sites for hydroxylation is 1. The lowest BCUT2D eigenvalue weighted by molar-refractivity contribution is 0.179.